The van der Waals surface area contributed by atoms with E-state index >= 15 is 0 Å². The number of rotatable bonds is 10. The fraction of sp³-hybridized carbons (Fsp3) is 0.0149. The predicted octanol–water partition coefficient (Wildman–Crippen LogP) is 18.0. The monoisotopic (exact) mass is 880 g/mol. The van der Waals surface area contributed by atoms with Gasteiger partial charge in [0.15, 0.2) is 0 Å². The van der Waals surface area contributed by atoms with Crippen molar-refractivity contribution in [3.8, 4) is 44.5 Å². The van der Waals surface area contributed by atoms with Crippen LogP contribution in [-0.2, 0) is 5.41 Å². The van der Waals surface area contributed by atoms with Gasteiger partial charge in [0.05, 0.1) is 5.41 Å². The average Bonchev–Trinajstić information content (AvgIpc) is 3.54. The van der Waals surface area contributed by atoms with Crippen LogP contribution in [0.3, 0.4) is 0 Å². The molecule has 0 N–H and O–H groups in total. The van der Waals surface area contributed by atoms with E-state index in [1.54, 1.807) is 0 Å². The Balaban J connectivity index is 1.03. The van der Waals surface area contributed by atoms with Crippen LogP contribution in [0, 0.1) is 0 Å². The molecule has 0 fully saturated rings. The molecule has 1 aliphatic carbocycles. The van der Waals surface area contributed by atoms with Crippen molar-refractivity contribution in [2.24, 2.45) is 0 Å². The van der Waals surface area contributed by atoms with E-state index in [9.17, 15) is 0 Å². The topological polar surface area (TPSA) is 6.48 Å². The SMILES string of the molecule is c1ccc(-c2ccc(N(c3ccccc3)c3ccc(C4(c5ccc(N(c6ccccc6)c6ccc(-c7ccccc7)cc6)cc5)c5ccccc5-c5ccccc5-c5ccccc54)cc3)cc2)cc1. The molecule has 326 valence electrons. The van der Waals surface area contributed by atoms with E-state index in [0.29, 0.717) is 0 Å². The number of anilines is 6. The summed E-state index contributed by atoms with van der Waals surface area (Å²) in [5.74, 6) is 0. The molecule has 11 aromatic carbocycles. The molecule has 0 unspecified atom stereocenters. The lowest BCUT2D eigenvalue weighted by Gasteiger charge is -2.39. The molecule has 12 rings (SSSR count). The van der Waals surface area contributed by atoms with Crippen molar-refractivity contribution in [2.45, 2.75) is 5.41 Å². The van der Waals surface area contributed by atoms with E-state index < -0.39 is 5.41 Å². The lowest BCUT2D eigenvalue weighted by molar-refractivity contribution is 0.751. The van der Waals surface area contributed by atoms with E-state index in [1.165, 1.54) is 66.8 Å². The first kappa shape index (κ1) is 41.5. The maximum absolute atomic E-state index is 2.37. The molecular weight excluding hydrogens is 833 g/mol. The molecule has 2 nitrogen and oxygen atoms in total. The van der Waals surface area contributed by atoms with Crippen molar-refractivity contribution in [1.29, 1.82) is 0 Å². The number of nitrogens with zero attached hydrogens (tertiary/aromatic N) is 2. The summed E-state index contributed by atoms with van der Waals surface area (Å²) >= 11 is 0. The molecule has 1 aliphatic rings. The highest BCUT2D eigenvalue weighted by molar-refractivity contribution is 5.93. The minimum atomic E-state index is -0.701. The molecule has 0 amide bonds. The molecule has 0 saturated heterocycles. The summed E-state index contributed by atoms with van der Waals surface area (Å²) < 4.78 is 0. The molecule has 0 saturated carbocycles. The van der Waals surface area contributed by atoms with Gasteiger partial charge >= 0.3 is 0 Å². The van der Waals surface area contributed by atoms with Gasteiger partial charge in [0.2, 0.25) is 0 Å². The smallest absolute Gasteiger partial charge is 0.0713 e. The van der Waals surface area contributed by atoms with Crippen LogP contribution in [0.5, 0.6) is 0 Å². The summed E-state index contributed by atoms with van der Waals surface area (Å²) in [4.78, 5) is 4.71. The number of hydrogen-bond acceptors (Lipinski definition) is 2. The molecule has 2 heteroatoms. The van der Waals surface area contributed by atoms with Gasteiger partial charge in [-0.05, 0) is 140 Å². The van der Waals surface area contributed by atoms with Gasteiger partial charge in [-0.15, -0.1) is 0 Å². The summed E-state index contributed by atoms with van der Waals surface area (Å²) in [5.41, 5.74) is 20.4. The van der Waals surface area contributed by atoms with Gasteiger partial charge in [0.1, 0.15) is 0 Å². The molecule has 0 aliphatic heterocycles. The van der Waals surface area contributed by atoms with Crippen LogP contribution in [0.15, 0.2) is 291 Å². The number of para-hydroxylation sites is 2. The van der Waals surface area contributed by atoms with Crippen LogP contribution in [-0.4, -0.2) is 0 Å². The second-order valence-corrected chi connectivity index (χ2v) is 17.6. The second-order valence-electron chi connectivity index (χ2n) is 17.6. The third kappa shape index (κ3) is 7.49. The van der Waals surface area contributed by atoms with Gasteiger partial charge in [0, 0.05) is 34.1 Å². The first-order valence-electron chi connectivity index (χ1n) is 23.8. The van der Waals surface area contributed by atoms with Crippen LogP contribution in [0.1, 0.15) is 22.3 Å². The van der Waals surface area contributed by atoms with E-state index in [2.05, 4.69) is 301 Å². The highest BCUT2D eigenvalue weighted by Crippen LogP contribution is 2.55. The van der Waals surface area contributed by atoms with Crippen LogP contribution in [0.2, 0.25) is 0 Å². The van der Waals surface area contributed by atoms with E-state index in [-0.39, 0.29) is 0 Å². The molecule has 0 spiro atoms. The number of benzene rings is 11. The molecule has 0 bridgehead atoms. The van der Waals surface area contributed by atoms with Crippen molar-refractivity contribution < 1.29 is 0 Å². The average molecular weight is 881 g/mol. The number of hydrogen-bond donors (Lipinski definition) is 0. The molecule has 0 radical (unpaired) electrons. The van der Waals surface area contributed by atoms with E-state index in [4.69, 9.17) is 0 Å². The van der Waals surface area contributed by atoms with Gasteiger partial charge < -0.3 is 9.80 Å². The quantitative estimate of drug-likeness (QED) is 0.135. The Hall–Kier alpha value is -8.98. The lowest BCUT2D eigenvalue weighted by Crippen LogP contribution is -2.31. The van der Waals surface area contributed by atoms with E-state index in [1.807, 2.05) is 0 Å². The molecule has 11 aromatic rings. The minimum Gasteiger partial charge on any atom is -0.311 e. The molecule has 0 heterocycles. The lowest BCUT2D eigenvalue weighted by atomic mass is 9.63. The van der Waals surface area contributed by atoms with Crippen LogP contribution >= 0.6 is 0 Å². The van der Waals surface area contributed by atoms with Crippen molar-refractivity contribution in [2.75, 3.05) is 9.80 Å². The normalized spacial score (nSPS) is 12.2. The van der Waals surface area contributed by atoms with Gasteiger partial charge in [-0.25, -0.2) is 0 Å². The number of fused-ring (bicyclic) bond motifs is 5. The highest BCUT2D eigenvalue weighted by Gasteiger charge is 2.44. The first-order valence-corrected chi connectivity index (χ1v) is 23.8. The fourth-order valence-electron chi connectivity index (χ4n) is 10.6. The standard InChI is InChI=1S/C67H48N2/c1-5-19-49(20-6-1)51-33-41-57(42-34-51)68(55-23-9-3-10-24-55)59-45-37-53(38-46-59)67(65-31-17-15-29-63(65)61-27-13-14-28-62(61)64-30-16-18-32-66(64)67)54-39-47-60(48-40-54)69(56-25-11-4-12-26-56)58-43-35-52(36-44-58)50-21-7-2-8-22-50/h1-48H. The Morgan fingerprint density at radius 3 is 0.783 bits per heavy atom. The van der Waals surface area contributed by atoms with Crippen molar-refractivity contribution in [3.05, 3.63) is 313 Å². The highest BCUT2D eigenvalue weighted by atomic mass is 15.1. The summed E-state index contributed by atoms with van der Waals surface area (Å²) in [7, 11) is 0. The summed E-state index contributed by atoms with van der Waals surface area (Å²) in [5, 5.41) is 0. The van der Waals surface area contributed by atoms with Gasteiger partial charge in [-0.1, -0.05) is 218 Å². The summed E-state index contributed by atoms with van der Waals surface area (Å²) in [6, 6.07) is 106. The molecule has 69 heavy (non-hydrogen) atoms. The van der Waals surface area contributed by atoms with Crippen molar-refractivity contribution in [3.63, 3.8) is 0 Å². The van der Waals surface area contributed by atoms with Crippen molar-refractivity contribution in [1.82, 2.24) is 0 Å². The maximum Gasteiger partial charge on any atom is 0.0713 e. The van der Waals surface area contributed by atoms with Crippen LogP contribution in [0.4, 0.5) is 34.1 Å². The van der Waals surface area contributed by atoms with Gasteiger partial charge in [-0.3, -0.25) is 0 Å². The molecular formula is C67H48N2. The largest absolute Gasteiger partial charge is 0.311 e. The minimum absolute atomic E-state index is 0.701. The third-order valence-corrected chi connectivity index (χ3v) is 13.8. The Labute approximate surface area is 405 Å². The Morgan fingerprint density at radius 1 is 0.188 bits per heavy atom. The fourth-order valence-corrected chi connectivity index (χ4v) is 10.6. The Bertz CT molecular complexity index is 3260. The summed E-state index contributed by atoms with van der Waals surface area (Å²) in [6.07, 6.45) is 0. The molecule has 0 atom stereocenters. The summed E-state index contributed by atoms with van der Waals surface area (Å²) in [6.45, 7) is 0. The van der Waals surface area contributed by atoms with Gasteiger partial charge in [-0.2, -0.15) is 0 Å². The zero-order valence-corrected chi connectivity index (χ0v) is 38.1. The molecule has 0 aromatic heterocycles. The zero-order valence-electron chi connectivity index (χ0n) is 38.1. The van der Waals surface area contributed by atoms with E-state index in [0.717, 1.165) is 34.1 Å². The maximum atomic E-state index is 2.37. The van der Waals surface area contributed by atoms with Gasteiger partial charge in [0.25, 0.3) is 0 Å². The Morgan fingerprint density at radius 2 is 0.435 bits per heavy atom. The van der Waals surface area contributed by atoms with Crippen LogP contribution in [0.25, 0.3) is 44.5 Å². The van der Waals surface area contributed by atoms with Crippen molar-refractivity contribution >= 4 is 34.1 Å². The zero-order chi connectivity index (χ0) is 46.0. The predicted molar refractivity (Wildman–Crippen MR) is 289 cm³/mol. The Kier molecular flexibility index (Phi) is 10.8. The third-order valence-electron chi connectivity index (χ3n) is 13.8. The van der Waals surface area contributed by atoms with Crippen LogP contribution < -0.4 is 9.80 Å². The first-order chi connectivity index (χ1) is 34.2. The second kappa shape index (κ2) is 18.0.